The van der Waals surface area contributed by atoms with Crippen molar-refractivity contribution < 1.29 is 14.6 Å². The van der Waals surface area contributed by atoms with Crippen molar-refractivity contribution in [2.75, 3.05) is 13.2 Å². The third-order valence-electron chi connectivity index (χ3n) is 3.39. The van der Waals surface area contributed by atoms with Gasteiger partial charge in [0, 0.05) is 6.61 Å². The molecule has 0 amide bonds. The summed E-state index contributed by atoms with van der Waals surface area (Å²) in [5, 5.41) is 8.76. The fourth-order valence-electron chi connectivity index (χ4n) is 2.40. The van der Waals surface area contributed by atoms with Crippen LogP contribution in [0.25, 0.3) is 0 Å². The highest BCUT2D eigenvalue weighted by atomic mass is 16.5. The fraction of sp³-hybridized carbons (Fsp3) is 0.769. The second-order valence-electron chi connectivity index (χ2n) is 4.54. The van der Waals surface area contributed by atoms with Crippen molar-refractivity contribution in [3.8, 4) is 0 Å². The molecule has 0 spiro atoms. The van der Waals surface area contributed by atoms with Gasteiger partial charge < -0.3 is 9.84 Å². The van der Waals surface area contributed by atoms with Crippen molar-refractivity contribution in [2.24, 2.45) is 11.3 Å². The van der Waals surface area contributed by atoms with Gasteiger partial charge in [0.15, 0.2) is 0 Å². The molecule has 0 unspecified atom stereocenters. The highest BCUT2D eigenvalue weighted by Crippen LogP contribution is 2.59. The Morgan fingerprint density at radius 1 is 1.62 bits per heavy atom. The molecule has 0 heterocycles. The van der Waals surface area contributed by atoms with Crippen LogP contribution in [0.5, 0.6) is 0 Å². The molecule has 92 valence electrons. The summed E-state index contributed by atoms with van der Waals surface area (Å²) in [5.74, 6) is -0.00232. The second-order valence-corrected chi connectivity index (χ2v) is 4.54. The minimum Gasteiger partial charge on any atom is -0.466 e. The van der Waals surface area contributed by atoms with Crippen LogP contribution in [-0.2, 0) is 9.53 Å². The topological polar surface area (TPSA) is 46.5 Å². The van der Waals surface area contributed by atoms with Crippen LogP contribution >= 0.6 is 0 Å². The molecule has 1 rings (SSSR count). The Hall–Kier alpha value is -0.830. The summed E-state index contributed by atoms with van der Waals surface area (Å²) in [7, 11) is 0. The standard InChI is InChI=1S/C13H22O3/c1-3-7-13(8-5-6-9-14)10-11(13)12(15)16-4-2/h3,11,14H,1,4-10H2,2H3/t11-,13+/m0/s1. The number of aliphatic hydroxyl groups is 1. The number of esters is 1. The Kier molecular flexibility index (Phi) is 5.00. The van der Waals surface area contributed by atoms with Crippen molar-refractivity contribution in [1.29, 1.82) is 0 Å². The number of ether oxygens (including phenoxy) is 1. The first-order chi connectivity index (χ1) is 7.70. The molecule has 0 aromatic carbocycles. The van der Waals surface area contributed by atoms with Gasteiger partial charge in [0.25, 0.3) is 0 Å². The van der Waals surface area contributed by atoms with Gasteiger partial charge in [-0.3, -0.25) is 4.79 Å². The van der Waals surface area contributed by atoms with Gasteiger partial charge in [-0.05, 0) is 38.0 Å². The number of hydrogen-bond acceptors (Lipinski definition) is 3. The lowest BCUT2D eigenvalue weighted by molar-refractivity contribution is -0.145. The third kappa shape index (κ3) is 3.08. The summed E-state index contributed by atoms with van der Waals surface area (Å²) < 4.78 is 5.05. The normalized spacial score (nSPS) is 27.5. The second kappa shape index (κ2) is 6.04. The van der Waals surface area contributed by atoms with E-state index >= 15 is 0 Å². The first-order valence-corrected chi connectivity index (χ1v) is 6.08. The van der Waals surface area contributed by atoms with E-state index in [2.05, 4.69) is 6.58 Å². The molecule has 3 heteroatoms. The van der Waals surface area contributed by atoms with Crippen molar-refractivity contribution >= 4 is 5.97 Å². The molecule has 0 aromatic heterocycles. The quantitative estimate of drug-likeness (QED) is 0.392. The summed E-state index contributed by atoms with van der Waals surface area (Å²) >= 11 is 0. The van der Waals surface area contributed by atoms with Crippen LogP contribution < -0.4 is 0 Å². The first kappa shape index (κ1) is 13.2. The Morgan fingerprint density at radius 2 is 2.38 bits per heavy atom. The van der Waals surface area contributed by atoms with Gasteiger partial charge in [0.2, 0.25) is 0 Å². The van der Waals surface area contributed by atoms with E-state index in [-0.39, 0.29) is 23.9 Å². The van der Waals surface area contributed by atoms with Gasteiger partial charge in [-0.2, -0.15) is 0 Å². The largest absolute Gasteiger partial charge is 0.466 e. The molecule has 1 fully saturated rings. The molecule has 0 bridgehead atoms. The Morgan fingerprint density at radius 3 is 2.94 bits per heavy atom. The van der Waals surface area contributed by atoms with Gasteiger partial charge in [0.05, 0.1) is 12.5 Å². The van der Waals surface area contributed by atoms with Gasteiger partial charge in [-0.25, -0.2) is 0 Å². The monoisotopic (exact) mass is 226 g/mol. The number of allylic oxidation sites excluding steroid dienone is 1. The van der Waals surface area contributed by atoms with Crippen LogP contribution in [0.4, 0.5) is 0 Å². The SMILES string of the molecule is C=CC[C@@]1(CCCCO)C[C@H]1C(=O)OCC. The molecule has 3 nitrogen and oxygen atoms in total. The maximum absolute atomic E-state index is 11.6. The Labute approximate surface area is 97.5 Å². The molecule has 0 radical (unpaired) electrons. The van der Waals surface area contributed by atoms with Crippen molar-refractivity contribution in [3.63, 3.8) is 0 Å². The molecule has 1 N–H and O–H groups in total. The lowest BCUT2D eigenvalue weighted by Gasteiger charge is -2.14. The smallest absolute Gasteiger partial charge is 0.309 e. The third-order valence-corrected chi connectivity index (χ3v) is 3.39. The van der Waals surface area contributed by atoms with Crippen LogP contribution in [0, 0.1) is 11.3 Å². The van der Waals surface area contributed by atoms with E-state index < -0.39 is 0 Å². The minimum absolute atomic E-state index is 0.0594. The maximum atomic E-state index is 11.6. The van der Waals surface area contributed by atoms with E-state index in [0.29, 0.717) is 6.61 Å². The number of unbranched alkanes of at least 4 members (excludes halogenated alkanes) is 1. The Bertz CT molecular complexity index is 250. The molecule has 1 aliphatic carbocycles. The summed E-state index contributed by atoms with van der Waals surface area (Å²) in [4.78, 5) is 11.6. The van der Waals surface area contributed by atoms with Crippen LogP contribution in [0.3, 0.4) is 0 Å². The van der Waals surface area contributed by atoms with E-state index in [4.69, 9.17) is 9.84 Å². The van der Waals surface area contributed by atoms with Crippen LogP contribution in [-0.4, -0.2) is 24.3 Å². The number of carbonyl (C=O) groups excluding carboxylic acids is 1. The summed E-state index contributed by atoms with van der Waals surface area (Å²) in [5.41, 5.74) is 0.0865. The van der Waals surface area contributed by atoms with E-state index in [1.54, 1.807) is 0 Å². The van der Waals surface area contributed by atoms with Gasteiger partial charge in [-0.1, -0.05) is 12.5 Å². The van der Waals surface area contributed by atoms with E-state index in [1.165, 1.54) is 0 Å². The van der Waals surface area contributed by atoms with E-state index in [0.717, 1.165) is 32.1 Å². The maximum Gasteiger partial charge on any atom is 0.309 e. The van der Waals surface area contributed by atoms with Crippen LogP contribution in [0.1, 0.15) is 39.0 Å². The lowest BCUT2D eigenvalue weighted by atomic mass is 9.92. The number of carbonyl (C=O) groups is 1. The molecule has 0 saturated heterocycles. The molecular formula is C13H22O3. The molecular weight excluding hydrogens is 204 g/mol. The fourth-order valence-corrected chi connectivity index (χ4v) is 2.40. The molecule has 1 saturated carbocycles. The van der Waals surface area contributed by atoms with Gasteiger partial charge in [0.1, 0.15) is 0 Å². The number of rotatable bonds is 8. The van der Waals surface area contributed by atoms with Crippen LogP contribution in [0.2, 0.25) is 0 Å². The lowest BCUT2D eigenvalue weighted by Crippen LogP contribution is -2.14. The number of aliphatic hydroxyl groups excluding tert-OH is 1. The zero-order chi connectivity index (χ0) is 12.0. The molecule has 1 aliphatic rings. The molecule has 16 heavy (non-hydrogen) atoms. The predicted octanol–water partition coefficient (Wildman–Crippen LogP) is 2.29. The Balaban J connectivity index is 2.44. The van der Waals surface area contributed by atoms with Gasteiger partial charge in [-0.15, -0.1) is 6.58 Å². The number of hydrogen-bond donors (Lipinski definition) is 1. The van der Waals surface area contributed by atoms with Gasteiger partial charge >= 0.3 is 5.97 Å². The minimum atomic E-state index is -0.0617. The predicted molar refractivity (Wildman–Crippen MR) is 62.9 cm³/mol. The molecule has 0 aliphatic heterocycles. The van der Waals surface area contributed by atoms with E-state index in [1.807, 2.05) is 13.0 Å². The highest BCUT2D eigenvalue weighted by Gasteiger charge is 2.57. The average Bonchev–Trinajstić information content (AvgIpc) is 2.94. The van der Waals surface area contributed by atoms with E-state index in [9.17, 15) is 4.79 Å². The highest BCUT2D eigenvalue weighted by molar-refractivity contribution is 5.77. The average molecular weight is 226 g/mol. The van der Waals surface area contributed by atoms with Crippen molar-refractivity contribution in [1.82, 2.24) is 0 Å². The summed E-state index contributed by atoms with van der Waals surface area (Å²) in [6.45, 7) is 6.27. The first-order valence-electron chi connectivity index (χ1n) is 6.08. The zero-order valence-corrected chi connectivity index (χ0v) is 10.1. The summed E-state index contributed by atoms with van der Waals surface area (Å²) in [6.07, 6.45) is 6.46. The van der Waals surface area contributed by atoms with Crippen LogP contribution in [0.15, 0.2) is 12.7 Å². The molecule has 0 aromatic rings. The zero-order valence-electron chi connectivity index (χ0n) is 10.1. The molecule has 2 atom stereocenters. The van der Waals surface area contributed by atoms with Crippen molar-refractivity contribution in [3.05, 3.63) is 12.7 Å². The summed E-state index contributed by atoms with van der Waals surface area (Å²) in [6, 6.07) is 0. The van der Waals surface area contributed by atoms with Crippen molar-refractivity contribution in [2.45, 2.75) is 39.0 Å².